The standard InChI is InChI=1S/C25H41ClN4O4/c1-15-13-28(25(32)34-24-9-7-20(33-3)11-21(24)26)23-10-17(4-8-22(23)30(15)16(2)31)18-12-27-29(14-18)19-5-6-19/h15,17-24,27H,4-14H2,1-3H3/t15-,17?,18?,20?,21?,22?,23?,24?/m0/s1. The molecule has 192 valence electrons. The first-order chi connectivity index (χ1) is 16.4. The van der Waals surface area contributed by atoms with Crippen LogP contribution in [0.3, 0.4) is 0 Å². The molecular formula is C25H41ClN4O4. The fourth-order valence-electron chi connectivity index (χ4n) is 7.03. The van der Waals surface area contributed by atoms with Crippen molar-refractivity contribution < 1.29 is 19.1 Å². The molecule has 5 fully saturated rings. The topological polar surface area (TPSA) is 74.3 Å². The average molecular weight is 497 g/mol. The zero-order chi connectivity index (χ0) is 24.0. The third kappa shape index (κ3) is 4.93. The van der Waals surface area contributed by atoms with E-state index in [9.17, 15) is 9.59 Å². The fourth-order valence-corrected chi connectivity index (χ4v) is 7.41. The molecule has 2 heterocycles. The van der Waals surface area contributed by atoms with Crippen LogP contribution in [0, 0.1) is 11.8 Å². The highest BCUT2D eigenvalue weighted by Crippen LogP contribution is 2.41. The quantitative estimate of drug-likeness (QED) is 0.603. The number of nitrogens with zero attached hydrogens (tertiary/aromatic N) is 3. The van der Waals surface area contributed by atoms with Gasteiger partial charge in [-0.3, -0.25) is 10.2 Å². The smallest absolute Gasteiger partial charge is 0.410 e. The van der Waals surface area contributed by atoms with Gasteiger partial charge in [-0.25, -0.2) is 9.80 Å². The molecule has 1 N–H and O–H groups in total. The molecular weight excluding hydrogens is 456 g/mol. The molecule has 3 saturated carbocycles. The van der Waals surface area contributed by atoms with Crippen LogP contribution >= 0.6 is 11.6 Å². The highest BCUT2D eigenvalue weighted by molar-refractivity contribution is 6.21. The largest absolute Gasteiger partial charge is 0.445 e. The number of hydrogen-bond donors (Lipinski definition) is 1. The molecule has 7 unspecified atom stereocenters. The van der Waals surface area contributed by atoms with Crippen molar-refractivity contribution in [3.63, 3.8) is 0 Å². The molecule has 0 bridgehead atoms. The van der Waals surface area contributed by atoms with Gasteiger partial charge >= 0.3 is 6.09 Å². The van der Waals surface area contributed by atoms with Crippen LogP contribution in [-0.4, -0.2) is 95.3 Å². The third-order valence-corrected chi connectivity index (χ3v) is 9.46. The highest BCUT2D eigenvalue weighted by Gasteiger charge is 2.49. The SMILES string of the molecule is COC1CCC(OC(=O)N2C[C@H](C)N(C(C)=O)C3CCC(C4CNN(C5CC5)C4)CC32)C(Cl)C1. The van der Waals surface area contributed by atoms with Crippen molar-refractivity contribution in [2.75, 3.05) is 26.7 Å². The molecule has 8 atom stereocenters. The van der Waals surface area contributed by atoms with Gasteiger partial charge < -0.3 is 19.3 Å². The summed E-state index contributed by atoms with van der Waals surface area (Å²) in [6.07, 6.45) is 7.45. The first-order valence-corrected chi connectivity index (χ1v) is 13.7. The summed E-state index contributed by atoms with van der Waals surface area (Å²) in [7, 11) is 1.71. The molecule has 2 aliphatic heterocycles. The van der Waals surface area contributed by atoms with Crippen LogP contribution in [0.1, 0.15) is 65.2 Å². The Kier molecular flexibility index (Phi) is 7.32. The van der Waals surface area contributed by atoms with Gasteiger partial charge in [-0.2, -0.15) is 0 Å². The Morgan fingerprint density at radius 1 is 0.971 bits per heavy atom. The summed E-state index contributed by atoms with van der Waals surface area (Å²) in [5.74, 6) is 1.25. The average Bonchev–Trinajstić information content (AvgIpc) is 3.55. The zero-order valence-corrected chi connectivity index (χ0v) is 21.6. The van der Waals surface area contributed by atoms with Gasteiger partial charge in [-0.05, 0) is 70.1 Å². The number of carbonyl (C=O) groups excluding carboxylic acids is 2. The van der Waals surface area contributed by atoms with E-state index in [-0.39, 0.29) is 47.7 Å². The number of methoxy groups -OCH3 is 1. The molecule has 8 nitrogen and oxygen atoms in total. The summed E-state index contributed by atoms with van der Waals surface area (Å²) in [5, 5.41) is 2.20. The maximum absolute atomic E-state index is 13.5. The second kappa shape index (κ2) is 10.1. The van der Waals surface area contributed by atoms with Crippen molar-refractivity contribution in [3.05, 3.63) is 0 Å². The minimum atomic E-state index is -0.286. The van der Waals surface area contributed by atoms with Crippen molar-refractivity contribution in [1.29, 1.82) is 0 Å². The third-order valence-electron chi connectivity index (χ3n) is 9.01. The van der Waals surface area contributed by atoms with E-state index < -0.39 is 0 Å². The van der Waals surface area contributed by atoms with Gasteiger partial charge in [0.25, 0.3) is 0 Å². The predicted octanol–water partition coefficient (Wildman–Crippen LogP) is 2.99. The normalized spacial score (nSPS) is 41.3. The number of carbonyl (C=O) groups is 2. The van der Waals surface area contributed by atoms with Gasteiger partial charge in [-0.1, -0.05) is 0 Å². The van der Waals surface area contributed by atoms with E-state index >= 15 is 0 Å². The van der Waals surface area contributed by atoms with Crippen LogP contribution in [0.15, 0.2) is 0 Å². The summed E-state index contributed by atoms with van der Waals surface area (Å²) in [5.41, 5.74) is 3.61. The van der Waals surface area contributed by atoms with E-state index in [4.69, 9.17) is 21.1 Å². The predicted molar refractivity (Wildman–Crippen MR) is 129 cm³/mol. The Labute approximate surface area is 208 Å². The van der Waals surface area contributed by atoms with Crippen LogP contribution in [0.5, 0.6) is 0 Å². The Morgan fingerprint density at radius 3 is 2.44 bits per heavy atom. The Morgan fingerprint density at radius 2 is 1.76 bits per heavy atom. The number of ether oxygens (including phenoxy) is 2. The van der Waals surface area contributed by atoms with Crippen molar-refractivity contribution in [3.8, 4) is 0 Å². The Bertz CT molecular complexity index is 767. The Balaban J connectivity index is 1.28. The molecule has 34 heavy (non-hydrogen) atoms. The van der Waals surface area contributed by atoms with E-state index in [1.165, 1.54) is 12.8 Å². The summed E-state index contributed by atoms with van der Waals surface area (Å²) in [6, 6.07) is 0.769. The number of amides is 2. The lowest BCUT2D eigenvalue weighted by molar-refractivity contribution is -0.142. The number of alkyl halides is 1. The monoisotopic (exact) mass is 496 g/mol. The second-order valence-corrected chi connectivity index (χ2v) is 11.8. The minimum absolute atomic E-state index is 0.00501. The minimum Gasteiger partial charge on any atom is -0.445 e. The van der Waals surface area contributed by atoms with Gasteiger partial charge in [0, 0.05) is 45.8 Å². The second-order valence-electron chi connectivity index (χ2n) is 11.3. The summed E-state index contributed by atoms with van der Waals surface area (Å²) in [6.45, 7) is 6.35. The fraction of sp³-hybridized carbons (Fsp3) is 0.920. The molecule has 5 aliphatic rings. The molecule has 3 aliphatic carbocycles. The van der Waals surface area contributed by atoms with E-state index in [1.54, 1.807) is 14.0 Å². The summed E-state index contributed by atoms with van der Waals surface area (Å²) in [4.78, 5) is 30.0. The molecule has 0 radical (unpaired) electrons. The molecule has 0 aromatic carbocycles. The number of rotatable bonds is 4. The number of halogens is 1. The van der Waals surface area contributed by atoms with E-state index in [2.05, 4.69) is 10.4 Å². The molecule has 9 heteroatoms. The van der Waals surface area contributed by atoms with Crippen molar-refractivity contribution >= 4 is 23.6 Å². The number of nitrogens with one attached hydrogen (secondary N) is 1. The van der Waals surface area contributed by atoms with Crippen LogP contribution in [0.2, 0.25) is 0 Å². The van der Waals surface area contributed by atoms with E-state index in [0.29, 0.717) is 30.8 Å². The first-order valence-electron chi connectivity index (χ1n) is 13.3. The van der Waals surface area contributed by atoms with E-state index in [0.717, 1.165) is 45.2 Å². The zero-order valence-electron chi connectivity index (χ0n) is 20.8. The van der Waals surface area contributed by atoms with Crippen molar-refractivity contribution in [1.82, 2.24) is 20.2 Å². The first kappa shape index (κ1) is 24.6. The van der Waals surface area contributed by atoms with Gasteiger partial charge in [0.2, 0.25) is 5.91 Å². The van der Waals surface area contributed by atoms with E-state index in [1.807, 2.05) is 16.7 Å². The van der Waals surface area contributed by atoms with Crippen molar-refractivity contribution in [2.45, 2.75) is 107 Å². The summed E-state index contributed by atoms with van der Waals surface area (Å²) >= 11 is 6.58. The van der Waals surface area contributed by atoms with Gasteiger partial charge in [0.1, 0.15) is 6.10 Å². The van der Waals surface area contributed by atoms with Crippen LogP contribution in [-0.2, 0) is 14.3 Å². The van der Waals surface area contributed by atoms with Gasteiger partial charge in [0.15, 0.2) is 0 Å². The van der Waals surface area contributed by atoms with Crippen LogP contribution in [0.25, 0.3) is 0 Å². The Hall–Kier alpha value is -1.09. The highest BCUT2D eigenvalue weighted by atomic mass is 35.5. The van der Waals surface area contributed by atoms with Crippen molar-refractivity contribution in [2.24, 2.45) is 11.8 Å². The van der Waals surface area contributed by atoms with Crippen LogP contribution in [0.4, 0.5) is 4.79 Å². The number of fused-ring (bicyclic) bond motifs is 1. The molecule has 2 saturated heterocycles. The van der Waals surface area contributed by atoms with Gasteiger partial charge in [0.05, 0.1) is 23.6 Å². The summed E-state index contributed by atoms with van der Waals surface area (Å²) < 4.78 is 11.5. The van der Waals surface area contributed by atoms with Crippen LogP contribution < -0.4 is 5.43 Å². The number of hydrazine groups is 1. The lowest BCUT2D eigenvalue weighted by Crippen LogP contribution is -2.67. The molecule has 2 amide bonds. The number of hydrogen-bond acceptors (Lipinski definition) is 6. The molecule has 0 aromatic heterocycles. The molecule has 0 aromatic rings. The van der Waals surface area contributed by atoms with Gasteiger partial charge in [-0.15, -0.1) is 11.6 Å². The lowest BCUT2D eigenvalue weighted by atomic mass is 9.73. The molecule has 5 rings (SSSR count). The molecule has 0 spiro atoms. The lowest BCUT2D eigenvalue weighted by Gasteiger charge is -2.54. The maximum atomic E-state index is 13.5. The maximum Gasteiger partial charge on any atom is 0.410 e. The number of piperazine rings is 1.